The molecule has 0 fully saturated rings. The van der Waals surface area contributed by atoms with Crippen LogP contribution >= 0.6 is 11.5 Å². The van der Waals surface area contributed by atoms with Crippen molar-refractivity contribution in [3.8, 4) is 0 Å². The van der Waals surface area contributed by atoms with Crippen LogP contribution in [0.4, 0.5) is 0 Å². The Morgan fingerprint density at radius 2 is 2.00 bits per heavy atom. The van der Waals surface area contributed by atoms with Gasteiger partial charge in [0.25, 0.3) is 0 Å². The van der Waals surface area contributed by atoms with E-state index in [9.17, 15) is 0 Å². The molecular weight excluding hydrogens is 218 g/mol. The molecule has 92 valence electrons. The highest BCUT2D eigenvalue weighted by atomic mass is 32.1. The molecule has 4 heteroatoms. The fourth-order valence-corrected chi connectivity index (χ4v) is 2.70. The van der Waals surface area contributed by atoms with Gasteiger partial charge in [0, 0.05) is 6.04 Å². The van der Waals surface area contributed by atoms with E-state index in [1.54, 1.807) is 0 Å². The molecule has 1 N–H and O–H groups in total. The SMILES string of the molecule is CCC(C)CC(NC)c1snnc1C(C)C. The van der Waals surface area contributed by atoms with Crippen LogP contribution in [0.2, 0.25) is 0 Å². The largest absolute Gasteiger partial charge is 0.312 e. The number of rotatable bonds is 6. The summed E-state index contributed by atoms with van der Waals surface area (Å²) in [7, 11) is 2.02. The van der Waals surface area contributed by atoms with E-state index in [0.29, 0.717) is 12.0 Å². The molecule has 0 radical (unpaired) electrons. The smallest absolute Gasteiger partial charge is 0.0829 e. The predicted molar refractivity (Wildman–Crippen MR) is 69.9 cm³/mol. The first kappa shape index (κ1) is 13.6. The van der Waals surface area contributed by atoms with Gasteiger partial charge in [-0.3, -0.25) is 0 Å². The Balaban J connectivity index is 2.82. The van der Waals surface area contributed by atoms with E-state index in [2.05, 4.69) is 42.6 Å². The molecule has 3 nitrogen and oxygen atoms in total. The van der Waals surface area contributed by atoms with Crippen molar-refractivity contribution in [1.29, 1.82) is 0 Å². The first-order valence-corrected chi connectivity index (χ1v) is 6.86. The van der Waals surface area contributed by atoms with Crippen LogP contribution < -0.4 is 5.32 Å². The fraction of sp³-hybridized carbons (Fsp3) is 0.833. The van der Waals surface area contributed by atoms with E-state index < -0.39 is 0 Å². The van der Waals surface area contributed by atoms with E-state index >= 15 is 0 Å². The summed E-state index contributed by atoms with van der Waals surface area (Å²) < 4.78 is 4.10. The van der Waals surface area contributed by atoms with Gasteiger partial charge in [-0.1, -0.05) is 38.6 Å². The lowest BCUT2D eigenvalue weighted by Gasteiger charge is -2.19. The van der Waals surface area contributed by atoms with E-state index in [1.807, 2.05) is 7.05 Å². The first-order valence-electron chi connectivity index (χ1n) is 6.09. The van der Waals surface area contributed by atoms with Crippen LogP contribution in [0.25, 0.3) is 0 Å². The molecule has 1 rings (SSSR count). The minimum absolute atomic E-state index is 0.410. The van der Waals surface area contributed by atoms with Crippen molar-refractivity contribution in [2.75, 3.05) is 7.05 Å². The van der Waals surface area contributed by atoms with Crippen LogP contribution in [-0.4, -0.2) is 16.6 Å². The van der Waals surface area contributed by atoms with E-state index in [4.69, 9.17) is 0 Å². The maximum absolute atomic E-state index is 4.25. The van der Waals surface area contributed by atoms with Crippen molar-refractivity contribution >= 4 is 11.5 Å². The van der Waals surface area contributed by atoms with Gasteiger partial charge in [0.1, 0.15) is 0 Å². The van der Waals surface area contributed by atoms with Crippen molar-refractivity contribution in [3.63, 3.8) is 0 Å². The van der Waals surface area contributed by atoms with E-state index in [-0.39, 0.29) is 0 Å². The van der Waals surface area contributed by atoms with E-state index in [1.165, 1.54) is 22.8 Å². The quantitative estimate of drug-likeness (QED) is 0.830. The summed E-state index contributed by atoms with van der Waals surface area (Å²) >= 11 is 1.54. The highest BCUT2D eigenvalue weighted by Gasteiger charge is 2.21. The molecule has 2 unspecified atom stereocenters. The summed E-state index contributed by atoms with van der Waals surface area (Å²) in [5.41, 5.74) is 1.16. The molecule has 1 aromatic heterocycles. The molecule has 0 saturated carbocycles. The Bertz CT molecular complexity index is 309. The van der Waals surface area contributed by atoms with Gasteiger partial charge < -0.3 is 5.32 Å². The molecule has 0 bridgehead atoms. The summed E-state index contributed by atoms with van der Waals surface area (Å²) in [5, 5.41) is 7.64. The van der Waals surface area contributed by atoms with Crippen LogP contribution in [-0.2, 0) is 0 Å². The molecule has 0 saturated heterocycles. The minimum atomic E-state index is 0.410. The first-order chi connectivity index (χ1) is 7.60. The lowest BCUT2D eigenvalue weighted by molar-refractivity contribution is 0.423. The zero-order valence-electron chi connectivity index (χ0n) is 10.9. The summed E-state index contributed by atoms with van der Waals surface area (Å²) in [6.45, 7) is 8.89. The monoisotopic (exact) mass is 241 g/mol. The zero-order chi connectivity index (χ0) is 12.1. The Kier molecular flexibility index (Phi) is 5.35. The lowest BCUT2D eigenvalue weighted by Crippen LogP contribution is -2.19. The zero-order valence-corrected chi connectivity index (χ0v) is 11.8. The Labute approximate surface area is 103 Å². The third-order valence-corrected chi connectivity index (χ3v) is 3.94. The van der Waals surface area contributed by atoms with Crippen molar-refractivity contribution in [2.24, 2.45) is 5.92 Å². The second kappa shape index (κ2) is 6.30. The van der Waals surface area contributed by atoms with Crippen LogP contribution in [0.5, 0.6) is 0 Å². The second-order valence-electron chi connectivity index (χ2n) is 4.77. The summed E-state index contributed by atoms with van der Waals surface area (Å²) in [6.07, 6.45) is 2.39. The fourth-order valence-electron chi connectivity index (χ4n) is 1.77. The third-order valence-electron chi connectivity index (χ3n) is 3.09. The highest BCUT2D eigenvalue weighted by molar-refractivity contribution is 7.05. The summed E-state index contributed by atoms with van der Waals surface area (Å²) in [6, 6.07) is 0.410. The van der Waals surface area contributed by atoms with Gasteiger partial charge in [-0.2, -0.15) is 0 Å². The van der Waals surface area contributed by atoms with Gasteiger partial charge in [-0.25, -0.2) is 0 Å². The lowest BCUT2D eigenvalue weighted by atomic mass is 9.96. The average Bonchev–Trinajstić information content (AvgIpc) is 2.74. The van der Waals surface area contributed by atoms with Gasteiger partial charge in [0.15, 0.2) is 0 Å². The molecule has 0 spiro atoms. The van der Waals surface area contributed by atoms with Crippen LogP contribution in [0, 0.1) is 5.92 Å². The summed E-state index contributed by atoms with van der Waals surface area (Å²) in [4.78, 5) is 1.32. The number of aromatic nitrogens is 2. The molecule has 16 heavy (non-hydrogen) atoms. The Morgan fingerprint density at radius 3 is 2.50 bits per heavy atom. The molecule has 0 amide bonds. The molecule has 1 heterocycles. The average molecular weight is 241 g/mol. The molecular formula is C12H23N3S. The standard InChI is InChI=1S/C12H23N3S/c1-6-9(4)7-10(13-5)12-11(8(2)3)14-15-16-12/h8-10,13H,6-7H2,1-5H3. The second-order valence-corrected chi connectivity index (χ2v) is 5.55. The number of nitrogens with zero attached hydrogens (tertiary/aromatic N) is 2. The van der Waals surface area contributed by atoms with Gasteiger partial charge in [-0.05, 0) is 36.8 Å². The predicted octanol–water partition coefficient (Wildman–Crippen LogP) is 3.36. The molecule has 1 aromatic rings. The van der Waals surface area contributed by atoms with Crippen molar-refractivity contribution < 1.29 is 0 Å². The van der Waals surface area contributed by atoms with Crippen LogP contribution in [0.1, 0.15) is 63.1 Å². The van der Waals surface area contributed by atoms with Gasteiger partial charge in [0.2, 0.25) is 0 Å². The molecule has 2 atom stereocenters. The molecule has 0 aliphatic carbocycles. The van der Waals surface area contributed by atoms with Gasteiger partial charge in [0.05, 0.1) is 10.6 Å². The normalized spacial score (nSPS) is 15.4. The van der Waals surface area contributed by atoms with Crippen LogP contribution in [0.15, 0.2) is 0 Å². The third kappa shape index (κ3) is 3.25. The van der Waals surface area contributed by atoms with E-state index in [0.717, 1.165) is 18.0 Å². The maximum Gasteiger partial charge on any atom is 0.0829 e. The number of hydrogen-bond donors (Lipinski definition) is 1. The molecule has 0 aliphatic rings. The highest BCUT2D eigenvalue weighted by Crippen LogP contribution is 2.30. The van der Waals surface area contributed by atoms with Crippen molar-refractivity contribution in [1.82, 2.24) is 14.9 Å². The Morgan fingerprint density at radius 1 is 1.31 bits per heavy atom. The van der Waals surface area contributed by atoms with Crippen LogP contribution in [0.3, 0.4) is 0 Å². The molecule has 0 aromatic carbocycles. The minimum Gasteiger partial charge on any atom is -0.312 e. The van der Waals surface area contributed by atoms with Gasteiger partial charge in [-0.15, -0.1) is 5.10 Å². The van der Waals surface area contributed by atoms with Gasteiger partial charge >= 0.3 is 0 Å². The Hall–Kier alpha value is -0.480. The molecule has 0 aliphatic heterocycles. The number of hydrogen-bond acceptors (Lipinski definition) is 4. The number of nitrogens with one attached hydrogen (secondary N) is 1. The summed E-state index contributed by atoms with van der Waals surface area (Å²) in [5.74, 6) is 1.20. The van der Waals surface area contributed by atoms with Crippen molar-refractivity contribution in [2.45, 2.75) is 52.5 Å². The maximum atomic E-state index is 4.25. The topological polar surface area (TPSA) is 37.8 Å². The van der Waals surface area contributed by atoms with Crippen molar-refractivity contribution in [3.05, 3.63) is 10.6 Å².